The number of aryl methyl sites for hydroxylation is 3. The first-order valence-electron chi connectivity index (χ1n) is 9.34. The van der Waals surface area contributed by atoms with Crippen molar-refractivity contribution in [2.24, 2.45) is 0 Å². The van der Waals surface area contributed by atoms with Crippen molar-refractivity contribution >= 4 is 11.9 Å². The summed E-state index contributed by atoms with van der Waals surface area (Å²) < 4.78 is 16.2. The largest absolute Gasteiger partial charge is 0.486 e. The molecule has 1 heterocycles. The van der Waals surface area contributed by atoms with Gasteiger partial charge in [0.2, 0.25) is 0 Å². The minimum atomic E-state index is -0.475. The number of nitrogens with one attached hydrogen (secondary N) is 1. The zero-order valence-corrected chi connectivity index (χ0v) is 16.5. The molecule has 0 fully saturated rings. The SMILES string of the molecule is Cc1cc(C)c(C(=O)OCC(=O)NCCc2ccc3c(c2)OCCO3)c(C)c1. The molecule has 1 amide bonds. The van der Waals surface area contributed by atoms with Crippen LogP contribution in [0, 0.1) is 20.8 Å². The summed E-state index contributed by atoms with van der Waals surface area (Å²) in [5.74, 6) is 0.672. The summed E-state index contributed by atoms with van der Waals surface area (Å²) >= 11 is 0. The highest BCUT2D eigenvalue weighted by molar-refractivity contribution is 5.94. The molecule has 0 aliphatic carbocycles. The highest BCUT2D eigenvalue weighted by Gasteiger charge is 2.16. The van der Waals surface area contributed by atoms with Crippen LogP contribution in [0.4, 0.5) is 0 Å². The van der Waals surface area contributed by atoms with Gasteiger partial charge in [-0.1, -0.05) is 23.8 Å². The van der Waals surface area contributed by atoms with Gasteiger partial charge in [-0.15, -0.1) is 0 Å². The van der Waals surface area contributed by atoms with Gasteiger partial charge < -0.3 is 19.5 Å². The van der Waals surface area contributed by atoms with E-state index in [1.807, 2.05) is 51.1 Å². The number of rotatable bonds is 6. The standard InChI is InChI=1S/C22H25NO5/c1-14-10-15(2)21(16(3)11-14)22(25)28-13-20(24)23-7-6-17-4-5-18-19(12-17)27-9-8-26-18/h4-5,10-12H,6-9,13H2,1-3H3,(H,23,24). The van der Waals surface area contributed by atoms with Gasteiger partial charge in [-0.3, -0.25) is 4.79 Å². The Kier molecular flexibility index (Phi) is 6.19. The van der Waals surface area contributed by atoms with Crippen molar-refractivity contribution in [1.82, 2.24) is 5.32 Å². The van der Waals surface area contributed by atoms with E-state index in [1.54, 1.807) is 0 Å². The maximum atomic E-state index is 12.3. The molecule has 3 rings (SSSR count). The summed E-state index contributed by atoms with van der Waals surface area (Å²) in [6.07, 6.45) is 0.645. The van der Waals surface area contributed by atoms with Gasteiger partial charge >= 0.3 is 5.97 Å². The van der Waals surface area contributed by atoms with E-state index in [1.165, 1.54) is 0 Å². The highest BCUT2D eigenvalue weighted by Crippen LogP contribution is 2.30. The lowest BCUT2D eigenvalue weighted by atomic mass is 10.00. The number of ether oxygens (including phenoxy) is 3. The average molecular weight is 383 g/mol. The smallest absolute Gasteiger partial charge is 0.339 e. The van der Waals surface area contributed by atoms with Crippen molar-refractivity contribution in [2.45, 2.75) is 27.2 Å². The van der Waals surface area contributed by atoms with Crippen LogP contribution in [0.5, 0.6) is 11.5 Å². The molecule has 148 valence electrons. The van der Waals surface area contributed by atoms with Gasteiger partial charge in [0.05, 0.1) is 5.56 Å². The topological polar surface area (TPSA) is 73.9 Å². The molecule has 6 nitrogen and oxygen atoms in total. The summed E-state index contributed by atoms with van der Waals surface area (Å²) in [5.41, 5.74) is 4.34. The van der Waals surface area contributed by atoms with Crippen molar-refractivity contribution in [1.29, 1.82) is 0 Å². The van der Waals surface area contributed by atoms with Gasteiger partial charge in [-0.05, 0) is 56.0 Å². The van der Waals surface area contributed by atoms with Crippen LogP contribution in [0.1, 0.15) is 32.6 Å². The van der Waals surface area contributed by atoms with E-state index in [4.69, 9.17) is 14.2 Å². The molecule has 6 heteroatoms. The van der Waals surface area contributed by atoms with Crippen LogP contribution in [0.25, 0.3) is 0 Å². The van der Waals surface area contributed by atoms with Crippen molar-refractivity contribution in [3.05, 3.63) is 58.1 Å². The minimum Gasteiger partial charge on any atom is -0.486 e. The maximum absolute atomic E-state index is 12.3. The van der Waals surface area contributed by atoms with Crippen molar-refractivity contribution < 1.29 is 23.8 Å². The van der Waals surface area contributed by atoms with E-state index >= 15 is 0 Å². The van der Waals surface area contributed by atoms with Crippen LogP contribution in [0.15, 0.2) is 30.3 Å². The number of carbonyl (C=O) groups is 2. The fourth-order valence-electron chi connectivity index (χ4n) is 3.35. The van der Waals surface area contributed by atoms with E-state index < -0.39 is 5.97 Å². The molecule has 2 aromatic carbocycles. The van der Waals surface area contributed by atoms with Crippen LogP contribution in [0.2, 0.25) is 0 Å². The predicted octanol–water partition coefficient (Wildman–Crippen LogP) is 2.90. The van der Waals surface area contributed by atoms with Gasteiger partial charge in [0, 0.05) is 6.54 Å². The zero-order valence-electron chi connectivity index (χ0n) is 16.5. The van der Waals surface area contributed by atoms with Crippen LogP contribution in [0.3, 0.4) is 0 Å². The molecule has 0 bridgehead atoms. The van der Waals surface area contributed by atoms with Gasteiger partial charge in [-0.2, -0.15) is 0 Å². The minimum absolute atomic E-state index is 0.299. The second-order valence-corrected chi connectivity index (χ2v) is 6.93. The van der Waals surface area contributed by atoms with Crippen LogP contribution < -0.4 is 14.8 Å². The number of carbonyl (C=O) groups excluding carboxylic acids is 2. The molecule has 1 aliphatic rings. The second-order valence-electron chi connectivity index (χ2n) is 6.93. The van der Waals surface area contributed by atoms with Crippen molar-refractivity contribution in [3.8, 4) is 11.5 Å². The molecule has 1 aliphatic heterocycles. The first-order chi connectivity index (χ1) is 13.4. The Bertz CT molecular complexity index is 867. The molecular weight excluding hydrogens is 358 g/mol. The zero-order chi connectivity index (χ0) is 20.1. The van der Waals surface area contributed by atoms with E-state index in [9.17, 15) is 9.59 Å². The Morgan fingerprint density at radius 2 is 1.68 bits per heavy atom. The Labute approximate surface area is 164 Å². The van der Waals surface area contributed by atoms with Crippen LogP contribution >= 0.6 is 0 Å². The number of benzene rings is 2. The number of hydrogen-bond acceptors (Lipinski definition) is 5. The molecule has 0 spiro atoms. The van der Waals surface area contributed by atoms with Crippen molar-refractivity contribution in [3.63, 3.8) is 0 Å². The number of hydrogen-bond donors (Lipinski definition) is 1. The Morgan fingerprint density at radius 3 is 2.39 bits per heavy atom. The van der Waals surface area contributed by atoms with Crippen LogP contribution in [-0.2, 0) is 16.0 Å². The number of esters is 1. The van der Waals surface area contributed by atoms with E-state index in [2.05, 4.69) is 5.32 Å². The summed E-state index contributed by atoms with van der Waals surface area (Å²) in [4.78, 5) is 24.3. The summed E-state index contributed by atoms with van der Waals surface area (Å²) in [6, 6.07) is 9.60. The molecule has 0 aromatic heterocycles. The first-order valence-corrected chi connectivity index (χ1v) is 9.34. The van der Waals surface area contributed by atoms with Crippen molar-refractivity contribution in [2.75, 3.05) is 26.4 Å². The third kappa shape index (κ3) is 4.82. The van der Waals surface area contributed by atoms with E-state index in [0.29, 0.717) is 31.7 Å². The summed E-state index contributed by atoms with van der Waals surface area (Å²) in [5, 5.41) is 2.77. The van der Waals surface area contributed by atoms with Gasteiger partial charge in [0.15, 0.2) is 18.1 Å². The van der Waals surface area contributed by atoms with E-state index in [-0.39, 0.29) is 12.5 Å². The molecule has 0 saturated carbocycles. The normalized spacial score (nSPS) is 12.4. The highest BCUT2D eigenvalue weighted by atomic mass is 16.6. The second kappa shape index (κ2) is 8.78. The Hall–Kier alpha value is -3.02. The maximum Gasteiger partial charge on any atom is 0.339 e. The molecule has 0 saturated heterocycles. The quantitative estimate of drug-likeness (QED) is 0.777. The molecule has 0 radical (unpaired) electrons. The molecule has 28 heavy (non-hydrogen) atoms. The fraction of sp³-hybridized carbons (Fsp3) is 0.364. The Morgan fingerprint density at radius 1 is 1.00 bits per heavy atom. The third-order valence-corrected chi connectivity index (χ3v) is 4.56. The summed E-state index contributed by atoms with van der Waals surface area (Å²) in [7, 11) is 0. The molecule has 0 atom stereocenters. The van der Waals surface area contributed by atoms with Gasteiger partial charge in [0.25, 0.3) is 5.91 Å². The lowest BCUT2D eigenvalue weighted by Crippen LogP contribution is -2.30. The molecule has 2 aromatic rings. The third-order valence-electron chi connectivity index (χ3n) is 4.56. The molecule has 1 N–H and O–H groups in total. The fourth-order valence-corrected chi connectivity index (χ4v) is 3.35. The van der Waals surface area contributed by atoms with Gasteiger partial charge in [-0.25, -0.2) is 4.79 Å². The predicted molar refractivity (Wildman–Crippen MR) is 105 cm³/mol. The lowest BCUT2D eigenvalue weighted by Gasteiger charge is -2.18. The number of amides is 1. The molecule has 0 unspecified atom stereocenters. The average Bonchev–Trinajstić information content (AvgIpc) is 2.65. The Balaban J connectivity index is 1.45. The first kappa shape index (κ1) is 19.7. The number of fused-ring (bicyclic) bond motifs is 1. The van der Waals surface area contributed by atoms with E-state index in [0.717, 1.165) is 33.8 Å². The lowest BCUT2D eigenvalue weighted by molar-refractivity contribution is -0.124. The monoisotopic (exact) mass is 383 g/mol. The summed E-state index contributed by atoms with van der Waals surface area (Å²) in [6.45, 7) is 6.95. The van der Waals surface area contributed by atoms with Gasteiger partial charge in [0.1, 0.15) is 13.2 Å². The van der Waals surface area contributed by atoms with Crippen LogP contribution in [-0.4, -0.2) is 38.2 Å². The molecular formula is C22H25NO5.